The van der Waals surface area contributed by atoms with Crippen LogP contribution in [-0.4, -0.2) is 0 Å². The molecule has 1 nitrogen and oxygen atoms in total. The van der Waals surface area contributed by atoms with E-state index in [4.69, 9.17) is 0 Å². The minimum absolute atomic E-state index is 0.445. The van der Waals surface area contributed by atoms with Crippen LogP contribution in [0.1, 0.15) is 41.7 Å². The van der Waals surface area contributed by atoms with Crippen LogP contribution < -0.4 is 4.90 Å². The Morgan fingerprint density at radius 3 is 1.90 bits per heavy atom. The molecule has 0 aromatic heterocycles. The lowest BCUT2D eigenvalue weighted by Crippen LogP contribution is -2.29. The molecule has 0 fully saturated rings. The van der Waals surface area contributed by atoms with E-state index in [2.05, 4.69) is 172 Å². The molecule has 0 spiro atoms. The summed E-state index contributed by atoms with van der Waals surface area (Å²) in [6, 6.07) is 46.5. The zero-order chi connectivity index (χ0) is 28.4. The Kier molecular flexibility index (Phi) is 7.03. The van der Waals surface area contributed by atoms with Crippen molar-refractivity contribution >= 4 is 11.4 Å². The van der Waals surface area contributed by atoms with Crippen LogP contribution in [0, 0.1) is 6.92 Å². The Balaban J connectivity index is 1.71. The number of anilines is 2. The monoisotopic (exact) mass is 529 g/mol. The molecular formula is C40H35N. The van der Waals surface area contributed by atoms with Crippen molar-refractivity contribution in [3.63, 3.8) is 0 Å². The lowest BCUT2D eigenvalue weighted by molar-refractivity contribution is 0.768. The van der Waals surface area contributed by atoms with Gasteiger partial charge in [0.25, 0.3) is 0 Å². The molecule has 5 aromatic rings. The Morgan fingerprint density at radius 1 is 0.683 bits per heavy atom. The highest BCUT2D eigenvalue weighted by atomic mass is 15.2. The van der Waals surface area contributed by atoms with Gasteiger partial charge in [0.15, 0.2) is 0 Å². The summed E-state index contributed by atoms with van der Waals surface area (Å²) in [5, 5.41) is 0. The maximum absolute atomic E-state index is 4.07. The van der Waals surface area contributed by atoms with E-state index in [-0.39, 0.29) is 0 Å². The average Bonchev–Trinajstić information content (AvgIpc) is 3.32. The number of hydrogen-bond acceptors (Lipinski definition) is 1. The molecule has 1 heteroatoms. The molecule has 6 rings (SSSR count). The van der Waals surface area contributed by atoms with Crippen LogP contribution in [0.4, 0.5) is 11.4 Å². The summed E-state index contributed by atoms with van der Waals surface area (Å²) in [7, 11) is 0. The van der Waals surface area contributed by atoms with Crippen molar-refractivity contribution < 1.29 is 0 Å². The van der Waals surface area contributed by atoms with Crippen LogP contribution in [0.2, 0.25) is 0 Å². The molecule has 0 saturated heterocycles. The van der Waals surface area contributed by atoms with Gasteiger partial charge >= 0.3 is 0 Å². The van der Waals surface area contributed by atoms with Crippen LogP contribution in [0.15, 0.2) is 163 Å². The molecule has 0 saturated carbocycles. The van der Waals surface area contributed by atoms with Crippen molar-refractivity contribution in [2.75, 3.05) is 4.90 Å². The molecule has 0 unspecified atom stereocenters. The second-order valence-corrected chi connectivity index (χ2v) is 10.6. The third kappa shape index (κ3) is 4.26. The van der Waals surface area contributed by atoms with Crippen molar-refractivity contribution in [2.24, 2.45) is 0 Å². The first-order valence-corrected chi connectivity index (χ1v) is 14.3. The summed E-state index contributed by atoms with van der Waals surface area (Å²) in [6.45, 7) is 10.5. The molecule has 0 atom stereocenters. The van der Waals surface area contributed by atoms with Crippen LogP contribution in [0.3, 0.4) is 0 Å². The number of fused-ring (bicyclic) bond motifs is 3. The topological polar surface area (TPSA) is 3.24 Å². The maximum atomic E-state index is 4.07. The zero-order valence-electron chi connectivity index (χ0n) is 24.0. The van der Waals surface area contributed by atoms with E-state index in [1.54, 1.807) is 0 Å². The number of benzene rings is 5. The van der Waals surface area contributed by atoms with E-state index in [9.17, 15) is 0 Å². The molecule has 1 aliphatic carbocycles. The lowest BCUT2D eigenvalue weighted by Gasteiger charge is -2.35. The predicted octanol–water partition coefficient (Wildman–Crippen LogP) is 10.5. The van der Waals surface area contributed by atoms with Crippen molar-refractivity contribution in [3.8, 4) is 11.1 Å². The molecule has 5 aromatic carbocycles. The lowest BCUT2D eigenvalue weighted by atomic mass is 9.67. The van der Waals surface area contributed by atoms with E-state index >= 15 is 0 Å². The fourth-order valence-electron chi connectivity index (χ4n) is 6.44. The number of para-hydroxylation sites is 1. The van der Waals surface area contributed by atoms with Gasteiger partial charge in [0, 0.05) is 17.1 Å². The van der Waals surface area contributed by atoms with Gasteiger partial charge in [-0.1, -0.05) is 128 Å². The number of allylic oxidation sites excluding steroid dienone is 4. The predicted molar refractivity (Wildman–Crippen MR) is 175 cm³/mol. The highest BCUT2D eigenvalue weighted by Gasteiger charge is 2.46. The van der Waals surface area contributed by atoms with Crippen LogP contribution >= 0.6 is 0 Å². The van der Waals surface area contributed by atoms with Gasteiger partial charge in [0.1, 0.15) is 0 Å². The summed E-state index contributed by atoms with van der Waals surface area (Å²) in [4.78, 5) is 2.39. The first-order chi connectivity index (χ1) is 20.1. The normalized spacial score (nSPS) is 13.8. The molecule has 0 amide bonds. The van der Waals surface area contributed by atoms with E-state index in [1.165, 1.54) is 44.5 Å². The molecule has 1 aliphatic rings. The number of rotatable bonds is 7. The Labute approximate surface area is 244 Å². The molecule has 0 bridgehead atoms. The minimum atomic E-state index is -0.445. The van der Waals surface area contributed by atoms with Crippen molar-refractivity contribution in [3.05, 3.63) is 191 Å². The van der Waals surface area contributed by atoms with Gasteiger partial charge in [-0.15, -0.1) is 0 Å². The van der Waals surface area contributed by atoms with Gasteiger partial charge in [-0.2, -0.15) is 0 Å². The Morgan fingerprint density at radius 2 is 1.27 bits per heavy atom. The summed E-state index contributed by atoms with van der Waals surface area (Å²) in [5.41, 5.74) is 13.1. The number of nitrogens with zero attached hydrogens (tertiary/aromatic N) is 1. The van der Waals surface area contributed by atoms with Gasteiger partial charge in [-0.3, -0.25) is 0 Å². The summed E-state index contributed by atoms with van der Waals surface area (Å²) in [6.07, 6.45) is 6.17. The first-order valence-electron chi connectivity index (χ1n) is 14.3. The summed E-state index contributed by atoms with van der Waals surface area (Å²) in [5.74, 6) is 0. The third-order valence-corrected chi connectivity index (χ3v) is 8.41. The SMILES string of the molecule is C=C/C=C(\C(C)=C/C)N(c1ccc2c(c1)C(c1ccccc1)(c1ccccc1)c1ccccc1-2)c1ccccc1C. The van der Waals surface area contributed by atoms with Gasteiger partial charge in [-0.05, 0) is 89.6 Å². The quantitative estimate of drug-likeness (QED) is 0.186. The third-order valence-electron chi connectivity index (χ3n) is 8.41. The van der Waals surface area contributed by atoms with E-state index in [0.717, 1.165) is 17.1 Å². The highest BCUT2D eigenvalue weighted by Crippen LogP contribution is 2.57. The second-order valence-electron chi connectivity index (χ2n) is 10.6. The molecule has 41 heavy (non-hydrogen) atoms. The van der Waals surface area contributed by atoms with Gasteiger partial charge in [0.2, 0.25) is 0 Å². The highest BCUT2D eigenvalue weighted by molar-refractivity contribution is 5.89. The second kappa shape index (κ2) is 10.9. The van der Waals surface area contributed by atoms with Crippen LogP contribution in [0.5, 0.6) is 0 Å². The standard InChI is InChI=1S/C40H35N/c1-5-17-38(29(3)6-2)41(39-25-16-13-18-30(39)4)33-26-27-35-34-23-14-15-24-36(34)40(37(35)28-33,31-19-9-7-10-20-31)32-21-11-8-12-22-32/h5-28H,1H2,2-4H3/b29-6-,38-17+. The molecule has 0 heterocycles. The Bertz CT molecular complexity index is 1730. The zero-order valence-corrected chi connectivity index (χ0v) is 24.0. The molecule has 0 N–H and O–H groups in total. The Hall–Kier alpha value is -4.88. The van der Waals surface area contributed by atoms with E-state index < -0.39 is 5.41 Å². The van der Waals surface area contributed by atoms with E-state index in [0.29, 0.717) is 0 Å². The number of aryl methyl sites for hydroxylation is 1. The number of hydrogen-bond donors (Lipinski definition) is 0. The van der Waals surface area contributed by atoms with E-state index in [1.807, 2.05) is 6.08 Å². The smallest absolute Gasteiger partial charge is 0.0714 e. The van der Waals surface area contributed by atoms with Crippen molar-refractivity contribution in [1.82, 2.24) is 0 Å². The van der Waals surface area contributed by atoms with Crippen molar-refractivity contribution in [1.29, 1.82) is 0 Å². The molecule has 0 radical (unpaired) electrons. The minimum Gasteiger partial charge on any atom is -0.310 e. The maximum Gasteiger partial charge on any atom is 0.0714 e. The average molecular weight is 530 g/mol. The van der Waals surface area contributed by atoms with Crippen LogP contribution in [-0.2, 0) is 5.41 Å². The summed E-state index contributed by atoms with van der Waals surface area (Å²) < 4.78 is 0. The van der Waals surface area contributed by atoms with Crippen molar-refractivity contribution in [2.45, 2.75) is 26.2 Å². The molecular weight excluding hydrogens is 494 g/mol. The fraction of sp³-hybridized carbons (Fsp3) is 0.100. The van der Waals surface area contributed by atoms with Gasteiger partial charge < -0.3 is 4.90 Å². The fourth-order valence-corrected chi connectivity index (χ4v) is 6.44. The van der Waals surface area contributed by atoms with Gasteiger partial charge in [0.05, 0.1) is 5.41 Å². The van der Waals surface area contributed by atoms with Gasteiger partial charge in [-0.25, -0.2) is 0 Å². The molecule has 200 valence electrons. The van der Waals surface area contributed by atoms with Crippen LogP contribution in [0.25, 0.3) is 11.1 Å². The summed E-state index contributed by atoms with van der Waals surface area (Å²) >= 11 is 0. The first kappa shape index (κ1) is 26.3. The molecule has 0 aliphatic heterocycles. The largest absolute Gasteiger partial charge is 0.310 e.